The van der Waals surface area contributed by atoms with E-state index >= 15 is 4.39 Å². The van der Waals surface area contributed by atoms with Gasteiger partial charge in [-0.2, -0.15) is 5.10 Å². The highest BCUT2D eigenvalue weighted by Crippen LogP contribution is 2.46. The maximum atomic E-state index is 15.2. The Bertz CT molecular complexity index is 1440. The number of halogens is 2. The molecule has 0 aliphatic carbocycles. The molecule has 1 saturated heterocycles. The summed E-state index contributed by atoms with van der Waals surface area (Å²) in [5, 5.41) is 4.41. The Hall–Kier alpha value is -3.92. The molecule has 1 atom stereocenters. The molecule has 0 bridgehead atoms. The van der Waals surface area contributed by atoms with Crippen LogP contribution in [0.2, 0.25) is 5.02 Å². The molecule has 2 aliphatic rings. The molecule has 0 saturated carbocycles. The molecule has 38 heavy (non-hydrogen) atoms. The van der Waals surface area contributed by atoms with Crippen molar-refractivity contribution in [2.45, 2.75) is 25.9 Å². The van der Waals surface area contributed by atoms with E-state index < -0.39 is 11.9 Å². The summed E-state index contributed by atoms with van der Waals surface area (Å²) in [7, 11) is 1.43. The van der Waals surface area contributed by atoms with Gasteiger partial charge in [0.05, 0.1) is 24.4 Å². The molecule has 9 nitrogen and oxygen atoms in total. The van der Waals surface area contributed by atoms with Crippen LogP contribution in [-0.4, -0.2) is 75.8 Å². The summed E-state index contributed by atoms with van der Waals surface area (Å²) in [6.45, 7) is 8.49. The van der Waals surface area contributed by atoms with E-state index in [1.165, 1.54) is 25.3 Å². The Morgan fingerprint density at radius 2 is 2.05 bits per heavy atom. The van der Waals surface area contributed by atoms with Crippen LogP contribution in [0, 0.1) is 5.82 Å². The zero-order valence-corrected chi connectivity index (χ0v) is 22.0. The average Bonchev–Trinajstić information content (AvgIpc) is 3.36. The molecule has 1 fully saturated rings. The van der Waals surface area contributed by atoms with Crippen LogP contribution in [0.4, 0.5) is 4.39 Å². The van der Waals surface area contributed by atoms with Crippen molar-refractivity contribution < 1.29 is 23.5 Å². The van der Waals surface area contributed by atoms with E-state index in [-0.39, 0.29) is 70.0 Å². The fraction of sp³-hybridized carbons (Fsp3) is 0.333. The number of aromatic nitrogens is 3. The molecular weight excluding hydrogens is 513 g/mol. The van der Waals surface area contributed by atoms with Crippen molar-refractivity contribution in [3.8, 4) is 34.1 Å². The van der Waals surface area contributed by atoms with Gasteiger partial charge in [-0.25, -0.2) is 9.37 Å². The molecule has 2 aromatic heterocycles. The van der Waals surface area contributed by atoms with Gasteiger partial charge in [0.2, 0.25) is 5.91 Å². The summed E-state index contributed by atoms with van der Waals surface area (Å²) in [6.07, 6.45) is 2.87. The highest BCUT2D eigenvalue weighted by molar-refractivity contribution is 6.35. The van der Waals surface area contributed by atoms with Crippen LogP contribution < -0.4 is 9.47 Å². The predicted molar refractivity (Wildman–Crippen MR) is 140 cm³/mol. The van der Waals surface area contributed by atoms with Crippen LogP contribution >= 0.6 is 11.6 Å². The van der Waals surface area contributed by atoms with Crippen molar-refractivity contribution in [3.63, 3.8) is 0 Å². The molecule has 1 unspecified atom stereocenters. The van der Waals surface area contributed by atoms with Gasteiger partial charge in [0.15, 0.2) is 5.75 Å². The third kappa shape index (κ3) is 4.18. The maximum absolute atomic E-state index is 15.2. The van der Waals surface area contributed by atoms with Crippen LogP contribution in [0.3, 0.4) is 0 Å². The lowest BCUT2D eigenvalue weighted by atomic mass is 10.0. The Kier molecular flexibility index (Phi) is 6.83. The number of hydrogen-bond acceptors (Lipinski definition) is 6. The van der Waals surface area contributed by atoms with E-state index in [0.717, 1.165) is 0 Å². The molecule has 4 heterocycles. The standard InChI is InChI=1S/C27H27ClFN5O4/c1-5-20(35)32-11-12-33-16(13-32)14-38-26-22(27(33)36)24(18-9-10-30-34(18)15(2)3)31-25(23(26)28)21-17(29)7-6-8-19(21)37-4/h5-10,15-16H,1,11-14H2,2-4H3. The van der Waals surface area contributed by atoms with Gasteiger partial charge in [0.25, 0.3) is 5.91 Å². The zero-order valence-electron chi connectivity index (χ0n) is 21.3. The molecular formula is C27H27ClFN5O4. The summed E-state index contributed by atoms with van der Waals surface area (Å²) in [5.41, 5.74) is 1.14. The molecule has 5 rings (SSSR count). The van der Waals surface area contributed by atoms with Gasteiger partial charge in [0.1, 0.15) is 40.1 Å². The number of fused-ring (bicyclic) bond motifs is 2. The fourth-order valence-electron chi connectivity index (χ4n) is 4.96. The third-order valence-corrected chi connectivity index (χ3v) is 7.14. The number of benzene rings is 1. The minimum absolute atomic E-state index is 0.00465. The minimum Gasteiger partial charge on any atom is -0.496 e. The van der Waals surface area contributed by atoms with Crippen LogP contribution in [0.15, 0.2) is 43.1 Å². The first kappa shape index (κ1) is 25.7. The van der Waals surface area contributed by atoms with Crippen molar-refractivity contribution in [3.05, 3.63) is 59.5 Å². The molecule has 0 N–H and O–H groups in total. The highest BCUT2D eigenvalue weighted by Gasteiger charge is 2.40. The number of nitrogens with zero attached hydrogens (tertiary/aromatic N) is 5. The van der Waals surface area contributed by atoms with Crippen LogP contribution in [-0.2, 0) is 4.79 Å². The topological polar surface area (TPSA) is 89.8 Å². The van der Waals surface area contributed by atoms with Gasteiger partial charge in [-0.1, -0.05) is 24.2 Å². The Morgan fingerprint density at radius 3 is 2.76 bits per heavy atom. The molecule has 198 valence electrons. The van der Waals surface area contributed by atoms with E-state index in [1.54, 1.807) is 32.8 Å². The van der Waals surface area contributed by atoms with E-state index in [4.69, 9.17) is 26.1 Å². The van der Waals surface area contributed by atoms with Gasteiger partial charge in [0, 0.05) is 31.9 Å². The van der Waals surface area contributed by atoms with Crippen LogP contribution in [0.5, 0.6) is 11.5 Å². The molecule has 2 aliphatic heterocycles. The molecule has 2 amide bonds. The van der Waals surface area contributed by atoms with E-state index in [2.05, 4.69) is 11.7 Å². The smallest absolute Gasteiger partial charge is 0.260 e. The average molecular weight is 540 g/mol. The van der Waals surface area contributed by atoms with Gasteiger partial charge >= 0.3 is 0 Å². The van der Waals surface area contributed by atoms with Crippen molar-refractivity contribution in [2.75, 3.05) is 33.4 Å². The second-order valence-electron chi connectivity index (χ2n) is 9.35. The highest BCUT2D eigenvalue weighted by atomic mass is 35.5. The monoisotopic (exact) mass is 539 g/mol. The molecule has 1 aromatic carbocycles. The van der Waals surface area contributed by atoms with Crippen molar-refractivity contribution in [1.29, 1.82) is 0 Å². The quantitative estimate of drug-likeness (QED) is 0.451. The third-order valence-electron chi connectivity index (χ3n) is 6.79. The molecule has 11 heteroatoms. The first-order chi connectivity index (χ1) is 18.3. The number of methoxy groups -OCH3 is 1. The summed E-state index contributed by atoms with van der Waals surface area (Å²) in [6, 6.07) is 5.70. The second-order valence-corrected chi connectivity index (χ2v) is 9.73. The molecule has 0 radical (unpaired) electrons. The lowest BCUT2D eigenvalue weighted by Crippen LogP contribution is -2.57. The van der Waals surface area contributed by atoms with Crippen LogP contribution in [0.25, 0.3) is 22.6 Å². The number of pyridine rings is 1. The number of piperazine rings is 1. The van der Waals surface area contributed by atoms with Crippen molar-refractivity contribution >= 4 is 23.4 Å². The van der Waals surface area contributed by atoms with Crippen molar-refractivity contribution in [2.24, 2.45) is 0 Å². The fourth-order valence-corrected chi connectivity index (χ4v) is 5.25. The Morgan fingerprint density at radius 1 is 1.26 bits per heavy atom. The van der Waals surface area contributed by atoms with Gasteiger partial charge in [-0.15, -0.1) is 0 Å². The van der Waals surface area contributed by atoms with E-state index in [9.17, 15) is 9.59 Å². The number of ether oxygens (including phenoxy) is 2. The molecule has 3 aromatic rings. The van der Waals surface area contributed by atoms with E-state index in [1.807, 2.05) is 13.8 Å². The largest absolute Gasteiger partial charge is 0.496 e. The summed E-state index contributed by atoms with van der Waals surface area (Å²) in [5.74, 6) is -0.791. The summed E-state index contributed by atoms with van der Waals surface area (Å²) < 4.78 is 28.6. The predicted octanol–water partition coefficient (Wildman–Crippen LogP) is 4.23. The van der Waals surface area contributed by atoms with Crippen LogP contribution in [0.1, 0.15) is 30.2 Å². The number of amides is 2. The van der Waals surface area contributed by atoms with E-state index in [0.29, 0.717) is 18.8 Å². The zero-order chi connectivity index (χ0) is 27.1. The molecule has 0 spiro atoms. The lowest BCUT2D eigenvalue weighted by Gasteiger charge is -2.39. The van der Waals surface area contributed by atoms with Crippen molar-refractivity contribution in [1.82, 2.24) is 24.6 Å². The number of carbonyl (C=O) groups excluding carboxylic acids is 2. The SMILES string of the molecule is C=CC(=O)N1CCN2C(=O)c3c(-c4ccnn4C(C)C)nc(-c4c(F)cccc4OC)c(Cl)c3OCC2C1. The first-order valence-electron chi connectivity index (χ1n) is 12.2. The second kappa shape index (κ2) is 10.1. The summed E-state index contributed by atoms with van der Waals surface area (Å²) in [4.78, 5) is 34.4. The summed E-state index contributed by atoms with van der Waals surface area (Å²) >= 11 is 6.85. The number of rotatable bonds is 5. The Labute approximate surface area is 224 Å². The first-order valence-corrected chi connectivity index (χ1v) is 12.6. The van der Waals surface area contributed by atoms with Gasteiger partial charge in [-0.3, -0.25) is 14.3 Å². The lowest BCUT2D eigenvalue weighted by molar-refractivity contribution is -0.128. The maximum Gasteiger partial charge on any atom is 0.260 e. The Balaban J connectivity index is 1.74. The van der Waals surface area contributed by atoms with Gasteiger partial charge < -0.3 is 19.3 Å². The minimum atomic E-state index is -0.585. The number of hydrogen-bond donors (Lipinski definition) is 0. The normalized spacial score (nSPS) is 17.0. The number of carbonyl (C=O) groups is 2. The van der Waals surface area contributed by atoms with Gasteiger partial charge in [-0.05, 0) is 38.1 Å².